The summed E-state index contributed by atoms with van der Waals surface area (Å²) in [5, 5.41) is -3.74. The van der Waals surface area contributed by atoms with Gasteiger partial charge in [0.2, 0.25) is 0 Å². The Labute approximate surface area is 387 Å². The zero-order valence-electron chi connectivity index (χ0n) is 67.4. The van der Waals surface area contributed by atoms with Gasteiger partial charge in [0.05, 0.1) is 50.9 Å². The van der Waals surface area contributed by atoms with Crippen LogP contribution in [0.3, 0.4) is 0 Å². The minimum Gasteiger partial charge on any atom is -0.455 e. The van der Waals surface area contributed by atoms with Crippen LogP contribution in [-0.4, -0.2) is 0 Å². The molecule has 0 amide bonds. The SMILES string of the molecule is [2H]c1c([2H])c([2H])c(-c2c([2H])c([2H])c(-c3c([2H])c([2H])c(N(c4c([2H])c([2H])c5c(c4[2H])C(C([2H])([2H])[2H])(C([2H])([2H])[2H])c4c([2H])c([2H])c([2H])c([2H])c4-5)c4c([2H])c5c(oc6c([2H])c([2H])c(-c7c([2H])c([2H])c([2H])c([2H])c7[2H])c([2H])c65)c5c([2H])c([2H])c([2H])c([2H])c45)c([2H])c3[2H])c([2H])c2[2H])c([2H])c1[2H]. The summed E-state index contributed by atoms with van der Waals surface area (Å²) in [4.78, 5) is 0.176. The highest BCUT2D eigenvalue weighted by molar-refractivity contribution is 6.20. The molecule has 0 fully saturated rings. The first-order valence-electron chi connectivity index (χ1n) is 36.1. The summed E-state index contributed by atoms with van der Waals surface area (Å²) in [7, 11) is 0. The molecule has 1 aromatic heterocycles. The highest BCUT2D eigenvalue weighted by atomic mass is 16.3. The van der Waals surface area contributed by atoms with Gasteiger partial charge in [-0.15, -0.1) is 0 Å². The highest BCUT2D eigenvalue weighted by Gasteiger charge is 2.36. The van der Waals surface area contributed by atoms with E-state index in [1.165, 1.54) is 0 Å². The Morgan fingerprint density at radius 3 is 1.67 bits per heavy atom. The molecule has 1 aliphatic carbocycles. The molecule has 57 heavy (non-hydrogen) atoms. The van der Waals surface area contributed by atoms with E-state index in [0.29, 0.717) is 0 Å². The van der Waals surface area contributed by atoms with Gasteiger partial charge < -0.3 is 9.32 Å². The monoisotopic (exact) mass is 769 g/mol. The van der Waals surface area contributed by atoms with Gasteiger partial charge in [0.25, 0.3) is 0 Å². The third kappa shape index (κ3) is 5.40. The average molecular weight is 769 g/mol. The van der Waals surface area contributed by atoms with Gasteiger partial charge in [-0.25, -0.2) is 0 Å². The molecule has 0 atom stereocenters. The second-order valence-electron chi connectivity index (χ2n) is 12.3. The lowest BCUT2D eigenvalue weighted by Crippen LogP contribution is -2.16. The number of nitrogens with zero attached hydrogens (tertiary/aromatic N) is 1. The maximum absolute atomic E-state index is 10.4. The molecule has 0 radical (unpaired) electrons. The van der Waals surface area contributed by atoms with Gasteiger partial charge in [-0.2, -0.15) is 0 Å². The smallest absolute Gasteiger partial charge is 0.143 e. The maximum Gasteiger partial charge on any atom is 0.143 e. The molecule has 1 aliphatic rings. The molecular weight excluding hydrogens is 691 g/mol. The van der Waals surface area contributed by atoms with Gasteiger partial charge in [-0.3, -0.25) is 0 Å². The second-order valence-corrected chi connectivity index (χ2v) is 12.3. The Bertz CT molecular complexity index is 5180. The molecule has 2 heteroatoms. The quantitative estimate of drug-likeness (QED) is 0.167. The lowest BCUT2D eigenvalue weighted by atomic mass is 9.82. The van der Waals surface area contributed by atoms with Crippen LogP contribution in [0.25, 0.3) is 77.2 Å². The van der Waals surface area contributed by atoms with E-state index < -0.39 is 324 Å². The molecule has 0 N–H and O–H groups in total. The van der Waals surface area contributed by atoms with Crippen LogP contribution >= 0.6 is 0 Å². The minimum absolute atomic E-state index is 0.176. The molecule has 10 aromatic rings. The Morgan fingerprint density at radius 1 is 0.421 bits per heavy atom. The Morgan fingerprint density at radius 2 is 0.965 bits per heavy atom. The summed E-state index contributed by atoms with van der Waals surface area (Å²) in [6, 6.07) is -39.1. The number of hydrogen-bond acceptors (Lipinski definition) is 2. The summed E-state index contributed by atoms with van der Waals surface area (Å²) >= 11 is 0. The lowest BCUT2D eigenvalue weighted by Gasteiger charge is -2.29. The summed E-state index contributed by atoms with van der Waals surface area (Å²) in [5.41, 5.74) is -20.3. The van der Waals surface area contributed by atoms with Crippen molar-refractivity contribution < 1.29 is 57.9 Å². The molecule has 0 bridgehead atoms. The van der Waals surface area contributed by atoms with E-state index in [0.717, 1.165) is 0 Å². The van der Waals surface area contributed by atoms with Gasteiger partial charge in [-0.1, -0.05) is 171 Å². The first kappa shape index (κ1) is 12.2. The standard InChI is InChI=1S/C55H39NO/c1-55(2)50-20-12-11-17-44(50)45-31-30-43(34-51(45)55)56(42-28-25-40(26-29-42)39-23-21-38(22-24-39)36-13-5-3-6-14-36)52-35-49-48-33-41(37-15-7-4-8-16-37)27-32-53(48)57-54(49)47-19-10-9-18-46(47)52/h3-35H,1-2H3/i1D3,2D3,3D,4D,5D,6D,7D,8D,9D,10D,11D,12D,13D,14D,15D,16D,17D,18D,19D,20D,21D,22D,23D,24D,25D,26D,27D,28D,29D,30D,31D,32D,33D,34D,35D. The van der Waals surface area contributed by atoms with Gasteiger partial charge in [0, 0.05) is 46.6 Å². The molecule has 0 aliphatic heterocycles. The minimum atomic E-state index is -4.13. The predicted molar refractivity (Wildman–Crippen MR) is 240 cm³/mol. The van der Waals surface area contributed by atoms with Crippen molar-refractivity contribution >= 4 is 49.8 Å². The Balaban J connectivity index is 1.41. The highest BCUT2D eigenvalue weighted by Crippen LogP contribution is 2.52. The Kier molecular flexibility index (Phi) is 2.77. The molecule has 2 nitrogen and oxygen atoms in total. The van der Waals surface area contributed by atoms with E-state index in [1.54, 1.807) is 0 Å². The molecule has 1 heterocycles. The largest absolute Gasteiger partial charge is 0.455 e. The molecule has 0 spiro atoms. The van der Waals surface area contributed by atoms with E-state index in [4.69, 9.17) is 38.7 Å². The van der Waals surface area contributed by atoms with Crippen molar-refractivity contribution in [1.82, 2.24) is 0 Å². The molecule has 9 aromatic carbocycles. The van der Waals surface area contributed by atoms with Crippen LogP contribution in [-0.2, 0) is 5.41 Å². The van der Waals surface area contributed by atoms with Crippen LogP contribution in [0.2, 0.25) is 0 Å². The Hall–Kier alpha value is -7.16. The number of hydrogen-bond donors (Lipinski definition) is 0. The van der Waals surface area contributed by atoms with Crippen molar-refractivity contribution in [3.8, 4) is 44.5 Å². The van der Waals surface area contributed by atoms with Crippen LogP contribution in [0.15, 0.2) is 204 Å². The zero-order chi connectivity index (χ0) is 71.8. The zero-order valence-corrected chi connectivity index (χ0v) is 28.4. The fourth-order valence-electron chi connectivity index (χ4n) is 6.42. The van der Waals surface area contributed by atoms with Crippen LogP contribution in [0.1, 0.15) is 78.3 Å². The summed E-state index contributed by atoms with van der Waals surface area (Å²) in [6.07, 6.45) is 0. The van der Waals surface area contributed by atoms with Gasteiger partial charge in [-0.05, 0) is 97.9 Å². The van der Waals surface area contributed by atoms with E-state index in [1.807, 2.05) is 0 Å². The molecule has 0 unspecified atom stereocenters. The molecule has 0 saturated carbocycles. The summed E-state index contributed by atoms with van der Waals surface area (Å²) < 4.78 is 362. The van der Waals surface area contributed by atoms with E-state index in [-0.39, 0.29) is 4.90 Å². The van der Waals surface area contributed by atoms with Crippen molar-refractivity contribution in [3.05, 3.63) is 211 Å². The van der Waals surface area contributed by atoms with Crippen molar-refractivity contribution in [2.24, 2.45) is 0 Å². The number of fused-ring (bicyclic) bond motifs is 8. The number of rotatable bonds is 6. The fraction of sp³-hybridized carbons (Fsp3) is 0.0545. The summed E-state index contributed by atoms with van der Waals surface area (Å²) in [6.45, 7) is -8.26. The third-order valence-corrected chi connectivity index (χ3v) is 9.00. The topological polar surface area (TPSA) is 16.4 Å². The number of anilines is 3. The molecule has 11 rings (SSSR count). The van der Waals surface area contributed by atoms with Crippen molar-refractivity contribution in [2.45, 2.75) is 19.1 Å². The van der Waals surface area contributed by atoms with Gasteiger partial charge >= 0.3 is 0 Å². The summed E-state index contributed by atoms with van der Waals surface area (Å²) in [5.74, 6) is 0. The van der Waals surface area contributed by atoms with Crippen molar-refractivity contribution in [1.29, 1.82) is 0 Å². The first-order chi connectivity index (χ1) is 44.3. The number of furan rings is 1. The van der Waals surface area contributed by atoms with E-state index in [9.17, 15) is 19.2 Å². The third-order valence-electron chi connectivity index (χ3n) is 9.00. The van der Waals surface area contributed by atoms with Gasteiger partial charge in [0.15, 0.2) is 0 Å². The van der Waals surface area contributed by atoms with E-state index >= 15 is 0 Å². The van der Waals surface area contributed by atoms with Gasteiger partial charge in [0.1, 0.15) is 11.2 Å². The van der Waals surface area contributed by atoms with Crippen molar-refractivity contribution in [2.75, 3.05) is 4.90 Å². The molecule has 0 saturated heterocycles. The predicted octanol–water partition coefficient (Wildman–Crippen LogP) is 15.5. The van der Waals surface area contributed by atoms with Crippen molar-refractivity contribution in [3.63, 3.8) is 0 Å². The average Bonchev–Trinajstić information content (AvgIpc) is 1.48. The van der Waals surface area contributed by atoms with Crippen LogP contribution in [0.4, 0.5) is 17.1 Å². The second kappa shape index (κ2) is 13.0. The van der Waals surface area contributed by atoms with Crippen LogP contribution in [0, 0.1) is 0 Å². The normalized spacial score (nSPS) is 23.0. The maximum atomic E-state index is 10.4. The van der Waals surface area contributed by atoms with E-state index in [2.05, 4.69) is 0 Å². The molecular formula is C55H39NO. The first-order valence-corrected chi connectivity index (χ1v) is 16.6. The number of benzene rings is 9. The van der Waals surface area contributed by atoms with Crippen LogP contribution < -0.4 is 4.90 Å². The fourth-order valence-corrected chi connectivity index (χ4v) is 6.42. The molecule has 270 valence electrons. The lowest BCUT2D eigenvalue weighted by molar-refractivity contribution is 0.660. The van der Waals surface area contributed by atoms with Crippen LogP contribution in [0.5, 0.6) is 0 Å².